The van der Waals surface area contributed by atoms with Gasteiger partial charge in [0.15, 0.2) is 5.76 Å². The van der Waals surface area contributed by atoms with Crippen LogP contribution in [0.4, 0.5) is 0 Å². The maximum Gasteiger partial charge on any atom is 0.261 e. The third-order valence-corrected chi connectivity index (χ3v) is 4.64. The summed E-state index contributed by atoms with van der Waals surface area (Å²) in [6, 6.07) is 13.9. The summed E-state index contributed by atoms with van der Waals surface area (Å²) in [7, 11) is 0. The Morgan fingerprint density at radius 2 is 2.08 bits per heavy atom. The molecule has 0 aliphatic carbocycles. The molecule has 3 aromatic rings. The molecule has 1 amide bonds. The van der Waals surface area contributed by atoms with Crippen molar-refractivity contribution < 1.29 is 9.32 Å². The number of rotatable bonds is 4. The summed E-state index contributed by atoms with van der Waals surface area (Å²) >= 11 is 7.06. The lowest BCUT2D eigenvalue weighted by molar-refractivity contribution is 0.0938. The van der Waals surface area contributed by atoms with E-state index in [1.54, 1.807) is 42.5 Å². The van der Waals surface area contributed by atoms with Crippen molar-refractivity contribution in [2.45, 2.75) is 13.0 Å². The Bertz CT molecular complexity index is 909. The molecule has 24 heavy (non-hydrogen) atoms. The summed E-state index contributed by atoms with van der Waals surface area (Å²) in [6.45, 7) is 1.82. The van der Waals surface area contributed by atoms with Gasteiger partial charge in [0.2, 0.25) is 0 Å². The summed E-state index contributed by atoms with van der Waals surface area (Å²) in [5.41, 5.74) is 2.07. The average molecular weight is 358 g/mol. The third-order valence-electron chi connectivity index (χ3n) is 3.41. The summed E-state index contributed by atoms with van der Waals surface area (Å²) in [5.74, 6) is 0.334. The molecule has 120 valence electrons. The molecule has 2 heterocycles. The molecule has 5 nitrogen and oxygen atoms in total. The molecule has 0 aliphatic rings. The number of carbonyl (C=O) groups excluding carboxylic acids is 1. The van der Waals surface area contributed by atoms with E-state index < -0.39 is 0 Å². The van der Waals surface area contributed by atoms with Gasteiger partial charge in [0.1, 0.15) is 5.69 Å². The maximum atomic E-state index is 12.1. The molecule has 0 aliphatic heterocycles. The van der Waals surface area contributed by atoms with Crippen LogP contribution >= 0.6 is 22.9 Å². The van der Waals surface area contributed by atoms with Crippen LogP contribution in [-0.2, 0) is 0 Å². The van der Waals surface area contributed by atoms with Crippen LogP contribution in [0.15, 0.2) is 47.0 Å². The number of thiophene rings is 1. The molecule has 2 aromatic heterocycles. The largest absolute Gasteiger partial charge is 0.359 e. The molecule has 0 spiro atoms. The topological polar surface area (TPSA) is 78.9 Å². The van der Waals surface area contributed by atoms with Gasteiger partial charge in [-0.25, -0.2) is 0 Å². The molecule has 0 saturated carbocycles. The number of carbonyl (C=O) groups is 1. The van der Waals surface area contributed by atoms with Crippen LogP contribution in [-0.4, -0.2) is 11.1 Å². The van der Waals surface area contributed by atoms with E-state index in [2.05, 4.69) is 16.5 Å². The quantitative estimate of drug-likeness (QED) is 0.749. The van der Waals surface area contributed by atoms with Crippen molar-refractivity contribution >= 4 is 28.8 Å². The lowest BCUT2D eigenvalue weighted by Gasteiger charge is -2.09. The minimum Gasteiger partial charge on any atom is -0.359 e. The molecule has 7 heteroatoms. The number of hydrogen-bond acceptors (Lipinski definition) is 5. The highest BCUT2D eigenvalue weighted by atomic mass is 35.5. The Hall–Kier alpha value is -2.62. The zero-order valence-electron chi connectivity index (χ0n) is 12.6. The third kappa shape index (κ3) is 3.48. The number of hydrogen-bond donors (Lipinski definition) is 1. The van der Waals surface area contributed by atoms with Gasteiger partial charge < -0.3 is 9.84 Å². The predicted molar refractivity (Wildman–Crippen MR) is 91.9 cm³/mol. The van der Waals surface area contributed by atoms with Crippen molar-refractivity contribution in [2.24, 2.45) is 0 Å². The van der Waals surface area contributed by atoms with Crippen molar-refractivity contribution in [3.05, 3.63) is 63.0 Å². The Kier molecular flexibility index (Phi) is 4.65. The monoisotopic (exact) mass is 357 g/mol. The lowest BCUT2D eigenvalue weighted by Crippen LogP contribution is -2.25. The fourth-order valence-electron chi connectivity index (χ4n) is 2.12. The maximum absolute atomic E-state index is 12.1. The Balaban J connectivity index is 1.72. The zero-order chi connectivity index (χ0) is 17.1. The Morgan fingerprint density at radius 3 is 2.71 bits per heavy atom. The van der Waals surface area contributed by atoms with Crippen molar-refractivity contribution in [1.29, 1.82) is 5.26 Å². The van der Waals surface area contributed by atoms with Gasteiger partial charge in [0, 0.05) is 11.6 Å². The average Bonchev–Trinajstić information content (AvgIpc) is 3.24. The second kappa shape index (κ2) is 6.87. The minimum absolute atomic E-state index is 0.212. The predicted octanol–water partition coefficient (Wildman–Crippen LogP) is 4.42. The van der Waals surface area contributed by atoms with Gasteiger partial charge in [-0.2, -0.15) is 5.26 Å². The Morgan fingerprint density at radius 1 is 1.33 bits per heavy atom. The van der Waals surface area contributed by atoms with E-state index in [1.807, 2.05) is 6.92 Å². The second-order valence-corrected chi connectivity index (χ2v) is 6.82. The summed E-state index contributed by atoms with van der Waals surface area (Å²) in [5, 5.41) is 15.7. The van der Waals surface area contributed by atoms with Crippen LogP contribution in [0.1, 0.15) is 34.0 Å². The fraction of sp³-hybridized carbons (Fsp3) is 0.118. The van der Waals surface area contributed by atoms with Crippen molar-refractivity contribution in [1.82, 2.24) is 10.5 Å². The highest BCUT2D eigenvalue weighted by Crippen LogP contribution is 2.25. The molecule has 0 radical (unpaired) electrons. The van der Waals surface area contributed by atoms with E-state index in [-0.39, 0.29) is 11.9 Å². The lowest BCUT2D eigenvalue weighted by atomic mass is 10.1. The van der Waals surface area contributed by atoms with Crippen LogP contribution in [0.3, 0.4) is 0 Å². The standard InChI is InChI=1S/C17H12ClN3O2S/c1-10(20-17(22)15-6-7-16(18)24-15)14-8-13(21-23-14)12-4-2-11(9-19)3-5-12/h2-8,10H,1H3,(H,20,22). The van der Waals surface area contributed by atoms with E-state index in [0.29, 0.717) is 26.2 Å². The number of nitriles is 1. The van der Waals surface area contributed by atoms with Gasteiger partial charge in [0.05, 0.1) is 26.9 Å². The summed E-state index contributed by atoms with van der Waals surface area (Å²) in [6.07, 6.45) is 0. The molecule has 0 fully saturated rings. The Labute approximate surface area is 147 Å². The van der Waals surface area contributed by atoms with Crippen LogP contribution in [0.5, 0.6) is 0 Å². The van der Waals surface area contributed by atoms with Crippen molar-refractivity contribution in [3.63, 3.8) is 0 Å². The first-order chi connectivity index (χ1) is 11.6. The minimum atomic E-state index is -0.335. The van der Waals surface area contributed by atoms with Crippen molar-refractivity contribution in [3.8, 4) is 17.3 Å². The second-order valence-electron chi connectivity index (χ2n) is 5.10. The van der Waals surface area contributed by atoms with E-state index >= 15 is 0 Å². The summed E-state index contributed by atoms with van der Waals surface area (Å²) in [4.78, 5) is 12.7. The van der Waals surface area contributed by atoms with Gasteiger partial charge in [-0.15, -0.1) is 11.3 Å². The van der Waals surface area contributed by atoms with Crippen LogP contribution in [0.2, 0.25) is 4.34 Å². The van der Waals surface area contributed by atoms with Gasteiger partial charge in [-0.3, -0.25) is 4.79 Å². The number of aromatic nitrogens is 1. The fourth-order valence-corrected chi connectivity index (χ4v) is 3.07. The van der Waals surface area contributed by atoms with E-state index in [4.69, 9.17) is 21.4 Å². The first kappa shape index (κ1) is 16.2. The molecular weight excluding hydrogens is 346 g/mol. The normalized spacial score (nSPS) is 11.7. The number of nitrogens with zero attached hydrogens (tertiary/aromatic N) is 2. The molecule has 1 N–H and O–H groups in total. The van der Waals surface area contributed by atoms with Gasteiger partial charge in [-0.1, -0.05) is 28.9 Å². The molecular formula is C17H12ClN3O2S. The van der Waals surface area contributed by atoms with E-state index in [1.165, 1.54) is 11.3 Å². The molecule has 1 unspecified atom stereocenters. The molecule has 0 saturated heterocycles. The van der Waals surface area contributed by atoms with Gasteiger partial charge >= 0.3 is 0 Å². The highest BCUT2D eigenvalue weighted by molar-refractivity contribution is 7.17. The number of halogens is 1. The number of nitrogens with one attached hydrogen (secondary N) is 1. The first-order valence-electron chi connectivity index (χ1n) is 7.10. The summed E-state index contributed by atoms with van der Waals surface area (Å²) < 4.78 is 5.89. The van der Waals surface area contributed by atoms with Gasteiger partial charge in [0.25, 0.3) is 5.91 Å². The van der Waals surface area contributed by atoms with Crippen LogP contribution in [0.25, 0.3) is 11.3 Å². The number of amides is 1. The van der Waals surface area contributed by atoms with Crippen LogP contribution in [0, 0.1) is 11.3 Å². The van der Waals surface area contributed by atoms with Crippen LogP contribution < -0.4 is 5.32 Å². The first-order valence-corrected chi connectivity index (χ1v) is 8.29. The molecule has 1 atom stereocenters. The highest BCUT2D eigenvalue weighted by Gasteiger charge is 2.17. The SMILES string of the molecule is CC(NC(=O)c1ccc(Cl)s1)c1cc(-c2ccc(C#N)cc2)no1. The van der Waals surface area contributed by atoms with Crippen molar-refractivity contribution in [2.75, 3.05) is 0 Å². The molecule has 0 bridgehead atoms. The smallest absolute Gasteiger partial charge is 0.261 e. The van der Waals surface area contributed by atoms with E-state index in [0.717, 1.165) is 5.56 Å². The zero-order valence-corrected chi connectivity index (χ0v) is 14.2. The molecule has 3 rings (SSSR count). The number of benzene rings is 1. The van der Waals surface area contributed by atoms with E-state index in [9.17, 15) is 4.79 Å². The molecule has 1 aromatic carbocycles. The van der Waals surface area contributed by atoms with Gasteiger partial charge in [-0.05, 0) is 31.2 Å².